The van der Waals surface area contributed by atoms with Gasteiger partial charge in [0.25, 0.3) is 0 Å². The summed E-state index contributed by atoms with van der Waals surface area (Å²) in [5, 5.41) is 0. The maximum absolute atomic E-state index is 2.34. The Bertz CT molecular complexity index is 523. The lowest BCUT2D eigenvalue weighted by Gasteiger charge is -2.22. The first-order chi connectivity index (χ1) is 9.08. The molecule has 2 aromatic rings. The van der Waals surface area contributed by atoms with Gasteiger partial charge in [-0.1, -0.05) is 62.4 Å². The monoisotopic (exact) mass is 252 g/mol. The van der Waals surface area contributed by atoms with E-state index in [0.29, 0.717) is 11.8 Å². The van der Waals surface area contributed by atoms with E-state index < -0.39 is 0 Å². The molecule has 0 heteroatoms. The van der Waals surface area contributed by atoms with Gasteiger partial charge in [-0.15, -0.1) is 0 Å². The maximum Gasteiger partial charge on any atom is -0.00984 e. The summed E-state index contributed by atoms with van der Waals surface area (Å²) in [5.41, 5.74) is 5.68. The summed E-state index contributed by atoms with van der Waals surface area (Å²) in [7, 11) is 0. The molecule has 0 radical (unpaired) electrons. The highest BCUT2D eigenvalue weighted by Crippen LogP contribution is 2.28. The quantitative estimate of drug-likeness (QED) is 0.694. The molecule has 19 heavy (non-hydrogen) atoms. The van der Waals surface area contributed by atoms with E-state index in [1.807, 2.05) is 0 Å². The molecule has 1 atom stereocenters. The van der Waals surface area contributed by atoms with Crippen LogP contribution in [0.4, 0.5) is 0 Å². The van der Waals surface area contributed by atoms with Crippen LogP contribution < -0.4 is 0 Å². The lowest BCUT2D eigenvalue weighted by atomic mass is 9.83. The zero-order chi connectivity index (χ0) is 13.8. The normalized spacial score (nSPS) is 12.7. The van der Waals surface area contributed by atoms with Crippen LogP contribution in [0.1, 0.15) is 42.0 Å². The summed E-state index contributed by atoms with van der Waals surface area (Å²) < 4.78 is 0. The molecule has 100 valence electrons. The van der Waals surface area contributed by atoms with Gasteiger partial charge in [0.05, 0.1) is 0 Å². The molecule has 2 rings (SSSR count). The summed E-state index contributed by atoms with van der Waals surface area (Å²) >= 11 is 0. The van der Waals surface area contributed by atoms with Gasteiger partial charge in [0, 0.05) is 0 Å². The van der Waals surface area contributed by atoms with Gasteiger partial charge in [-0.05, 0) is 54.4 Å². The van der Waals surface area contributed by atoms with Crippen molar-refractivity contribution in [3.8, 4) is 0 Å². The van der Waals surface area contributed by atoms with Gasteiger partial charge in [-0.3, -0.25) is 0 Å². The van der Waals surface area contributed by atoms with E-state index in [0.717, 1.165) is 6.42 Å². The van der Waals surface area contributed by atoms with Crippen molar-refractivity contribution in [3.63, 3.8) is 0 Å². The third-order valence-electron chi connectivity index (χ3n) is 4.06. The van der Waals surface area contributed by atoms with Gasteiger partial charge < -0.3 is 0 Å². The van der Waals surface area contributed by atoms with Gasteiger partial charge in [0.1, 0.15) is 0 Å². The van der Waals surface area contributed by atoms with E-state index in [2.05, 4.69) is 76.2 Å². The van der Waals surface area contributed by atoms with Crippen LogP contribution >= 0.6 is 0 Å². The molecule has 0 aromatic heterocycles. The molecule has 0 aliphatic carbocycles. The summed E-state index contributed by atoms with van der Waals surface area (Å²) in [6.07, 6.45) is 1.13. The van der Waals surface area contributed by atoms with Crippen molar-refractivity contribution in [1.82, 2.24) is 0 Å². The van der Waals surface area contributed by atoms with E-state index in [4.69, 9.17) is 0 Å². The van der Waals surface area contributed by atoms with Crippen LogP contribution in [0.3, 0.4) is 0 Å². The second-order valence-electron chi connectivity index (χ2n) is 5.88. The van der Waals surface area contributed by atoms with Crippen LogP contribution in [0.15, 0.2) is 48.5 Å². The number of benzene rings is 2. The predicted molar refractivity (Wildman–Crippen MR) is 83.6 cm³/mol. The SMILES string of the molecule is Cc1ccc(CC(c2ccccc2)C(C)C)cc1C. The number of aryl methyl sites for hydroxylation is 2. The topological polar surface area (TPSA) is 0 Å². The molecule has 0 heterocycles. The predicted octanol–water partition coefficient (Wildman–Crippen LogP) is 5.29. The average molecular weight is 252 g/mol. The zero-order valence-electron chi connectivity index (χ0n) is 12.5. The highest BCUT2D eigenvalue weighted by molar-refractivity contribution is 5.32. The first kappa shape index (κ1) is 13.9. The molecular formula is C19H24. The fourth-order valence-corrected chi connectivity index (χ4v) is 2.62. The fourth-order valence-electron chi connectivity index (χ4n) is 2.62. The molecule has 0 bridgehead atoms. The molecule has 1 unspecified atom stereocenters. The van der Waals surface area contributed by atoms with Crippen molar-refractivity contribution in [3.05, 3.63) is 70.8 Å². The molecule has 0 aliphatic heterocycles. The Morgan fingerprint density at radius 1 is 0.842 bits per heavy atom. The van der Waals surface area contributed by atoms with Gasteiger partial charge in [-0.25, -0.2) is 0 Å². The van der Waals surface area contributed by atoms with E-state index >= 15 is 0 Å². The standard InChI is InChI=1S/C19H24/c1-14(2)19(18-8-6-5-7-9-18)13-17-11-10-15(3)16(4)12-17/h5-12,14,19H,13H2,1-4H3. The molecule has 0 amide bonds. The Labute approximate surface area is 117 Å². The molecule has 0 nitrogen and oxygen atoms in total. The molecule has 2 aromatic carbocycles. The van der Waals surface area contributed by atoms with Gasteiger partial charge in [0.2, 0.25) is 0 Å². The zero-order valence-corrected chi connectivity index (χ0v) is 12.5. The lowest BCUT2D eigenvalue weighted by molar-refractivity contribution is 0.495. The Kier molecular flexibility index (Phi) is 4.42. The van der Waals surface area contributed by atoms with Crippen LogP contribution in [-0.2, 0) is 6.42 Å². The van der Waals surface area contributed by atoms with Crippen molar-refractivity contribution < 1.29 is 0 Å². The summed E-state index contributed by atoms with van der Waals surface area (Å²) in [6.45, 7) is 9.01. The fraction of sp³-hybridized carbons (Fsp3) is 0.368. The van der Waals surface area contributed by atoms with Crippen molar-refractivity contribution in [1.29, 1.82) is 0 Å². The minimum Gasteiger partial charge on any atom is -0.0622 e. The average Bonchev–Trinajstić information content (AvgIpc) is 2.40. The molecule has 0 aliphatic rings. The first-order valence-corrected chi connectivity index (χ1v) is 7.19. The van der Waals surface area contributed by atoms with Crippen molar-refractivity contribution in [2.24, 2.45) is 5.92 Å². The van der Waals surface area contributed by atoms with Gasteiger partial charge in [-0.2, -0.15) is 0 Å². The van der Waals surface area contributed by atoms with Crippen LogP contribution in [0, 0.1) is 19.8 Å². The summed E-state index contributed by atoms with van der Waals surface area (Å²) in [5.74, 6) is 1.26. The van der Waals surface area contributed by atoms with E-state index in [1.165, 1.54) is 22.3 Å². The van der Waals surface area contributed by atoms with Crippen LogP contribution in [0.25, 0.3) is 0 Å². The molecular weight excluding hydrogens is 228 g/mol. The second kappa shape index (κ2) is 6.06. The highest BCUT2D eigenvalue weighted by Gasteiger charge is 2.16. The number of rotatable bonds is 4. The summed E-state index contributed by atoms with van der Waals surface area (Å²) in [6, 6.07) is 17.8. The molecule has 0 N–H and O–H groups in total. The number of hydrogen-bond donors (Lipinski definition) is 0. The van der Waals surface area contributed by atoms with Crippen LogP contribution in [-0.4, -0.2) is 0 Å². The Hall–Kier alpha value is -1.56. The third-order valence-corrected chi connectivity index (χ3v) is 4.06. The van der Waals surface area contributed by atoms with Crippen LogP contribution in [0.2, 0.25) is 0 Å². The van der Waals surface area contributed by atoms with Gasteiger partial charge in [0.15, 0.2) is 0 Å². The lowest BCUT2D eigenvalue weighted by Crippen LogP contribution is -2.10. The van der Waals surface area contributed by atoms with E-state index in [1.54, 1.807) is 0 Å². The smallest absolute Gasteiger partial charge is 0.00984 e. The van der Waals surface area contributed by atoms with Crippen LogP contribution in [0.5, 0.6) is 0 Å². The molecule has 0 spiro atoms. The Morgan fingerprint density at radius 2 is 1.53 bits per heavy atom. The third kappa shape index (κ3) is 3.47. The van der Waals surface area contributed by atoms with E-state index in [-0.39, 0.29) is 0 Å². The van der Waals surface area contributed by atoms with Crippen molar-refractivity contribution in [2.75, 3.05) is 0 Å². The van der Waals surface area contributed by atoms with E-state index in [9.17, 15) is 0 Å². The summed E-state index contributed by atoms with van der Waals surface area (Å²) in [4.78, 5) is 0. The maximum atomic E-state index is 2.34. The Balaban J connectivity index is 2.24. The Morgan fingerprint density at radius 3 is 2.11 bits per heavy atom. The minimum absolute atomic E-state index is 0.600. The highest BCUT2D eigenvalue weighted by atomic mass is 14.2. The number of hydrogen-bond acceptors (Lipinski definition) is 0. The molecule has 0 saturated heterocycles. The first-order valence-electron chi connectivity index (χ1n) is 7.19. The second-order valence-corrected chi connectivity index (χ2v) is 5.88. The molecule has 0 fully saturated rings. The largest absolute Gasteiger partial charge is 0.0622 e. The minimum atomic E-state index is 0.600. The van der Waals surface area contributed by atoms with Gasteiger partial charge >= 0.3 is 0 Å². The van der Waals surface area contributed by atoms with Crippen molar-refractivity contribution in [2.45, 2.75) is 40.0 Å². The molecule has 0 saturated carbocycles. The van der Waals surface area contributed by atoms with Crippen molar-refractivity contribution >= 4 is 0 Å².